The molecule has 19 heteroatoms. The van der Waals surface area contributed by atoms with Crippen molar-refractivity contribution in [1.29, 1.82) is 0 Å². The third kappa shape index (κ3) is 60.9. The molecule has 5 atom stereocenters. The van der Waals surface area contributed by atoms with Crippen LogP contribution in [-0.2, 0) is 65.4 Å². The molecule has 0 aromatic heterocycles. The number of rotatable bonds is 64. The van der Waals surface area contributed by atoms with Gasteiger partial charge in [0.1, 0.15) is 19.3 Å². The zero-order valence-electron chi connectivity index (χ0n) is 55.9. The highest BCUT2D eigenvalue weighted by Gasteiger charge is 2.30. The zero-order chi connectivity index (χ0) is 63.9. The number of hydrogen-bond acceptors (Lipinski definition) is 15. The molecule has 0 saturated carbocycles. The Balaban J connectivity index is 5.25. The predicted molar refractivity (Wildman–Crippen MR) is 344 cm³/mol. The summed E-state index contributed by atoms with van der Waals surface area (Å²) in [5.74, 6) is 0.777. The van der Waals surface area contributed by atoms with E-state index >= 15 is 0 Å². The molecule has 17 nitrogen and oxygen atoms in total. The monoisotopic (exact) mass is 1270 g/mol. The fourth-order valence-electron chi connectivity index (χ4n) is 9.96. The molecule has 0 aliphatic rings. The van der Waals surface area contributed by atoms with Crippen LogP contribution < -0.4 is 0 Å². The first-order valence-electron chi connectivity index (χ1n) is 34.7. The van der Waals surface area contributed by atoms with Crippen LogP contribution in [0.25, 0.3) is 0 Å². The first-order valence-corrected chi connectivity index (χ1v) is 37.7. The van der Waals surface area contributed by atoms with Crippen LogP contribution in [0.4, 0.5) is 0 Å². The quantitative estimate of drug-likeness (QED) is 0.0222. The number of hydrogen-bond donors (Lipinski definition) is 3. The highest BCUT2D eigenvalue weighted by molar-refractivity contribution is 7.47. The number of phosphoric acid groups is 2. The Kier molecular flexibility index (Phi) is 55.7. The molecule has 0 aliphatic heterocycles. The van der Waals surface area contributed by atoms with Crippen LogP contribution >= 0.6 is 15.6 Å². The number of aliphatic hydroxyl groups excluding tert-OH is 1. The number of phosphoric ester groups is 2. The first kappa shape index (κ1) is 84.1. The lowest BCUT2D eigenvalue weighted by Crippen LogP contribution is -2.30. The molecule has 0 spiro atoms. The highest BCUT2D eigenvalue weighted by atomic mass is 31.2. The van der Waals surface area contributed by atoms with E-state index in [1.807, 2.05) is 0 Å². The van der Waals surface area contributed by atoms with Crippen LogP contribution in [0.2, 0.25) is 0 Å². The van der Waals surface area contributed by atoms with Crippen LogP contribution in [0.3, 0.4) is 0 Å². The minimum Gasteiger partial charge on any atom is -0.462 e. The third-order valence-electron chi connectivity index (χ3n) is 15.3. The van der Waals surface area contributed by atoms with Gasteiger partial charge in [-0.05, 0) is 49.4 Å². The van der Waals surface area contributed by atoms with Crippen molar-refractivity contribution < 1.29 is 80.2 Å². The van der Waals surface area contributed by atoms with Gasteiger partial charge in [0.15, 0.2) is 12.2 Å². The Bertz CT molecular complexity index is 1710. The summed E-state index contributed by atoms with van der Waals surface area (Å²) in [6, 6.07) is 0. The van der Waals surface area contributed by atoms with Crippen molar-refractivity contribution in [2.75, 3.05) is 39.6 Å². The molecule has 0 aliphatic carbocycles. The standard InChI is InChI=1S/C67H130O17P2/c1-57(2)43-35-27-19-12-10-9-11-13-25-33-41-49-66(71)83-62(53-77-64(69)47-39-31-23-16-14-20-28-36-44-58(3)4)55-81-85(73,74)79-51-61(68)52-80-86(75,76)82-56-63(84-67(72)50-42-34-26-18-22-30-38-46-60(7)8)54-78-65(70)48-40-32-24-17-15-21-29-37-45-59(5)6/h57-63,68H,9-56H2,1-8H3,(H,73,74)(H,75,76)/t61?,62-,63-/m1/s1. The van der Waals surface area contributed by atoms with E-state index in [4.69, 9.17) is 37.0 Å². The number of esters is 4. The summed E-state index contributed by atoms with van der Waals surface area (Å²) in [7, 11) is -9.90. The van der Waals surface area contributed by atoms with Gasteiger partial charge in [-0.1, -0.05) is 274 Å². The van der Waals surface area contributed by atoms with Gasteiger partial charge in [-0.2, -0.15) is 0 Å². The van der Waals surface area contributed by atoms with Gasteiger partial charge in [0.05, 0.1) is 26.4 Å². The second kappa shape index (κ2) is 57.0. The molecule has 0 aromatic carbocycles. The molecule has 510 valence electrons. The van der Waals surface area contributed by atoms with E-state index in [1.165, 1.54) is 128 Å². The van der Waals surface area contributed by atoms with Crippen LogP contribution in [0.1, 0.15) is 325 Å². The van der Waals surface area contributed by atoms with Crippen molar-refractivity contribution in [2.45, 2.75) is 343 Å². The SMILES string of the molecule is CC(C)CCCCCCCCCCCCCC(=O)O[C@H](COC(=O)CCCCCCCCCCC(C)C)COP(=O)(O)OCC(O)COP(=O)(O)OC[C@@H](COC(=O)CCCCCCCCCCC(C)C)OC(=O)CCCCCCCCCC(C)C. The predicted octanol–water partition coefficient (Wildman–Crippen LogP) is 18.5. The lowest BCUT2D eigenvalue weighted by atomic mass is 10.0. The molecule has 0 saturated heterocycles. The van der Waals surface area contributed by atoms with Gasteiger partial charge in [-0.25, -0.2) is 9.13 Å². The van der Waals surface area contributed by atoms with Crippen molar-refractivity contribution in [2.24, 2.45) is 23.7 Å². The normalized spacial score (nSPS) is 14.4. The Morgan fingerprint density at radius 2 is 0.488 bits per heavy atom. The molecule has 86 heavy (non-hydrogen) atoms. The molecule has 0 heterocycles. The minimum atomic E-state index is -4.95. The summed E-state index contributed by atoms with van der Waals surface area (Å²) in [5, 5.41) is 10.6. The molecular weight excluding hydrogens is 1140 g/mol. The zero-order valence-corrected chi connectivity index (χ0v) is 57.7. The Labute approximate surface area is 524 Å². The summed E-state index contributed by atoms with van der Waals surface area (Å²) in [6.45, 7) is 14.0. The van der Waals surface area contributed by atoms with Gasteiger partial charge in [0.2, 0.25) is 0 Å². The Hall–Kier alpha value is -1.94. The smallest absolute Gasteiger partial charge is 0.462 e. The van der Waals surface area contributed by atoms with E-state index in [2.05, 4.69) is 55.4 Å². The number of carbonyl (C=O) groups is 4. The molecule has 3 unspecified atom stereocenters. The van der Waals surface area contributed by atoms with Gasteiger partial charge < -0.3 is 33.8 Å². The van der Waals surface area contributed by atoms with Crippen molar-refractivity contribution >= 4 is 39.5 Å². The van der Waals surface area contributed by atoms with E-state index in [0.717, 1.165) is 108 Å². The summed E-state index contributed by atoms with van der Waals surface area (Å²) in [5.41, 5.74) is 0. The molecule has 3 N–H and O–H groups in total. The average molecular weight is 1270 g/mol. The lowest BCUT2D eigenvalue weighted by molar-refractivity contribution is -0.161. The van der Waals surface area contributed by atoms with Gasteiger partial charge in [0, 0.05) is 25.7 Å². The molecular formula is C67H130O17P2. The van der Waals surface area contributed by atoms with Crippen molar-refractivity contribution in [1.82, 2.24) is 0 Å². The van der Waals surface area contributed by atoms with Gasteiger partial charge in [0.25, 0.3) is 0 Å². The summed E-state index contributed by atoms with van der Waals surface area (Å²) in [6.07, 6.45) is 37.7. The maximum absolute atomic E-state index is 13.0. The van der Waals surface area contributed by atoms with Crippen LogP contribution in [0.5, 0.6) is 0 Å². The van der Waals surface area contributed by atoms with Gasteiger partial charge in [-0.15, -0.1) is 0 Å². The second-order valence-electron chi connectivity index (χ2n) is 26.1. The second-order valence-corrected chi connectivity index (χ2v) is 29.0. The first-order chi connectivity index (χ1) is 41.1. The lowest BCUT2D eigenvalue weighted by Gasteiger charge is -2.21. The van der Waals surface area contributed by atoms with Crippen LogP contribution in [-0.4, -0.2) is 96.7 Å². The average Bonchev–Trinajstić information content (AvgIpc) is 3.66. The molecule has 0 bridgehead atoms. The van der Waals surface area contributed by atoms with E-state index in [0.29, 0.717) is 31.6 Å². The van der Waals surface area contributed by atoms with Gasteiger partial charge in [-0.3, -0.25) is 37.3 Å². The number of unbranched alkanes of at least 4 members (excludes halogenated alkanes) is 30. The van der Waals surface area contributed by atoms with E-state index in [9.17, 15) is 43.2 Å². The van der Waals surface area contributed by atoms with Crippen molar-refractivity contribution in [3.05, 3.63) is 0 Å². The highest BCUT2D eigenvalue weighted by Crippen LogP contribution is 2.45. The number of ether oxygens (including phenoxy) is 4. The van der Waals surface area contributed by atoms with Crippen LogP contribution in [0, 0.1) is 23.7 Å². The summed E-state index contributed by atoms with van der Waals surface area (Å²) in [4.78, 5) is 72.4. The van der Waals surface area contributed by atoms with Crippen LogP contribution in [0.15, 0.2) is 0 Å². The topological polar surface area (TPSA) is 237 Å². The number of aliphatic hydroxyl groups is 1. The molecule has 0 amide bonds. The third-order valence-corrected chi connectivity index (χ3v) is 17.2. The number of carbonyl (C=O) groups excluding carboxylic acids is 4. The van der Waals surface area contributed by atoms with Gasteiger partial charge >= 0.3 is 39.5 Å². The maximum atomic E-state index is 13.0. The van der Waals surface area contributed by atoms with E-state index in [1.54, 1.807) is 0 Å². The molecule has 0 rings (SSSR count). The molecule has 0 radical (unpaired) electrons. The van der Waals surface area contributed by atoms with E-state index < -0.39 is 97.5 Å². The Morgan fingerprint density at radius 1 is 0.291 bits per heavy atom. The molecule has 0 fully saturated rings. The minimum absolute atomic E-state index is 0.102. The van der Waals surface area contributed by atoms with Crippen molar-refractivity contribution in [3.8, 4) is 0 Å². The fraction of sp³-hybridized carbons (Fsp3) is 0.940. The van der Waals surface area contributed by atoms with E-state index in [-0.39, 0.29) is 25.7 Å². The Morgan fingerprint density at radius 3 is 0.721 bits per heavy atom. The molecule has 0 aromatic rings. The van der Waals surface area contributed by atoms with Crippen molar-refractivity contribution in [3.63, 3.8) is 0 Å². The largest absolute Gasteiger partial charge is 0.472 e. The summed E-state index contributed by atoms with van der Waals surface area (Å²) < 4.78 is 68.1. The maximum Gasteiger partial charge on any atom is 0.472 e. The summed E-state index contributed by atoms with van der Waals surface area (Å²) >= 11 is 0. The fourth-order valence-corrected chi connectivity index (χ4v) is 11.5.